The van der Waals surface area contributed by atoms with Crippen molar-refractivity contribution in [3.05, 3.63) is 56.5 Å². The molecule has 0 saturated heterocycles. The fourth-order valence-corrected chi connectivity index (χ4v) is 7.76. The predicted molar refractivity (Wildman–Crippen MR) is 101 cm³/mol. The smallest absolute Gasteiger partial charge is 0.0178 e. The first-order valence-corrected chi connectivity index (χ1v) is 10.3. The lowest BCUT2D eigenvalue weighted by molar-refractivity contribution is 0.231. The van der Waals surface area contributed by atoms with Crippen LogP contribution >= 0.6 is 31.9 Å². The van der Waals surface area contributed by atoms with E-state index < -0.39 is 0 Å². The lowest BCUT2D eigenvalue weighted by Gasteiger charge is -2.51. The summed E-state index contributed by atoms with van der Waals surface area (Å²) in [4.78, 5) is 0. The summed E-state index contributed by atoms with van der Waals surface area (Å²) in [5.41, 5.74) is 7.71. The maximum atomic E-state index is 3.75. The van der Waals surface area contributed by atoms with Crippen LogP contribution in [0.1, 0.15) is 49.7 Å². The average Bonchev–Trinajstić information content (AvgIpc) is 3.17. The number of fused-ring (bicyclic) bond motifs is 3. The first-order valence-electron chi connectivity index (χ1n) is 8.68. The van der Waals surface area contributed by atoms with E-state index in [0.29, 0.717) is 16.2 Å². The largest absolute Gasteiger partial charge is 0.0530 e. The summed E-state index contributed by atoms with van der Waals surface area (Å²) in [6.45, 7) is 0. The maximum absolute atomic E-state index is 3.75. The van der Waals surface area contributed by atoms with Crippen LogP contribution < -0.4 is 0 Å². The van der Waals surface area contributed by atoms with Gasteiger partial charge in [-0.25, -0.2) is 0 Å². The van der Waals surface area contributed by atoms with Crippen molar-refractivity contribution >= 4 is 31.9 Å². The van der Waals surface area contributed by atoms with Crippen molar-refractivity contribution in [1.29, 1.82) is 0 Å². The lowest BCUT2D eigenvalue weighted by Crippen LogP contribution is -2.47. The standard InChI is InChI=1S/C21H18Br2/c22-13-1-3-15-16-4-2-14(23)10-18(16)21-8-6-19(12-21)5-7-20(21,11-19)17(15)9-13/h1-4,9-10H,5-8,11-12H2/t19?,20-,21-/m1/s1. The molecule has 2 aromatic carbocycles. The molecule has 2 aromatic rings. The average molecular weight is 430 g/mol. The van der Waals surface area contributed by atoms with Crippen LogP contribution in [0.5, 0.6) is 0 Å². The first-order chi connectivity index (χ1) is 11.1. The summed E-state index contributed by atoms with van der Waals surface area (Å²) in [6, 6.07) is 14.0. The van der Waals surface area contributed by atoms with E-state index in [0.717, 1.165) is 0 Å². The summed E-state index contributed by atoms with van der Waals surface area (Å²) >= 11 is 7.50. The van der Waals surface area contributed by atoms with Gasteiger partial charge in [0.15, 0.2) is 0 Å². The Hall–Kier alpha value is -0.600. The number of benzene rings is 2. The van der Waals surface area contributed by atoms with Crippen molar-refractivity contribution in [2.45, 2.75) is 49.4 Å². The fourth-order valence-electron chi connectivity index (χ4n) is 7.04. The Morgan fingerprint density at radius 2 is 1.13 bits per heavy atom. The molecule has 4 aliphatic carbocycles. The van der Waals surface area contributed by atoms with Crippen LogP contribution in [0.25, 0.3) is 11.1 Å². The van der Waals surface area contributed by atoms with Crippen molar-refractivity contribution in [2.24, 2.45) is 5.41 Å². The molecule has 2 atom stereocenters. The number of halogens is 2. The van der Waals surface area contributed by atoms with Crippen LogP contribution in [0.2, 0.25) is 0 Å². The molecule has 6 rings (SSSR count). The molecule has 0 amide bonds. The van der Waals surface area contributed by atoms with E-state index in [1.165, 1.54) is 58.6 Å². The van der Waals surface area contributed by atoms with Crippen LogP contribution in [0.3, 0.4) is 0 Å². The summed E-state index contributed by atoms with van der Waals surface area (Å²) in [7, 11) is 0. The third-order valence-corrected chi connectivity index (χ3v) is 8.70. The number of hydrogen-bond acceptors (Lipinski definition) is 0. The third kappa shape index (κ3) is 1.38. The molecule has 0 N–H and O–H groups in total. The molecule has 4 aliphatic rings. The highest BCUT2D eigenvalue weighted by molar-refractivity contribution is 9.10. The second kappa shape index (κ2) is 3.96. The van der Waals surface area contributed by atoms with Crippen LogP contribution in [0.15, 0.2) is 45.3 Å². The molecule has 0 aliphatic heterocycles. The molecule has 116 valence electrons. The second-order valence-electron chi connectivity index (χ2n) is 8.40. The Kier molecular flexibility index (Phi) is 2.35. The summed E-state index contributed by atoms with van der Waals surface area (Å²) in [6.07, 6.45) is 8.53. The van der Waals surface area contributed by atoms with Crippen molar-refractivity contribution < 1.29 is 0 Å². The minimum atomic E-state index is 0.401. The van der Waals surface area contributed by atoms with Gasteiger partial charge in [-0.05, 0) is 90.5 Å². The highest BCUT2D eigenvalue weighted by Crippen LogP contribution is 2.80. The van der Waals surface area contributed by atoms with Crippen LogP contribution in [0, 0.1) is 5.41 Å². The first kappa shape index (κ1) is 13.7. The lowest BCUT2D eigenvalue weighted by atomic mass is 9.52. The van der Waals surface area contributed by atoms with Crippen LogP contribution in [0.4, 0.5) is 0 Å². The van der Waals surface area contributed by atoms with Gasteiger partial charge in [0.25, 0.3) is 0 Å². The van der Waals surface area contributed by atoms with E-state index in [-0.39, 0.29) is 0 Å². The topological polar surface area (TPSA) is 0 Å². The highest BCUT2D eigenvalue weighted by atomic mass is 79.9. The van der Waals surface area contributed by atoms with Crippen molar-refractivity contribution in [3.63, 3.8) is 0 Å². The van der Waals surface area contributed by atoms with Gasteiger partial charge in [-0.1, -0.05) is 44.0 Å². The minimum absolute atomic E-state index is 0.401. The fraction of sp³-hybridized carbons (Fsp3) is 0.429. The molecule has 0 heterocycles. The van der Waals surface area contributed by atoms with Gasteiger partial charge < -0.3 is 0 Å². The molecule has 0 unspecified atom stereocenters. The molecule has 3 spiro atoms. The maximum Gasteiger partial charge on any atom is 0.0178 e. The Morgan fingerprint density at radius 1 is 0.652 bits per heavy atom. The SMILES string of the molecule is Brc1ccc2c(c1)[C@]13CCC4(CC[C@@]1(C4)c1cc(Br)ccc1-2)C3. The Bertz CT molecular complexity index is 810. The Labute approximate surface area is 153 Å². The van der Waals surface area contributed by atoms with E-state index in [9.17, 15) is 0 Å². The molecule has 0 aromatic heterocycles. The number of hydrogen-bond donors (Lipinski definition) is 0. The van der Waals surface area contributed by atoms with Crippen LogP contribution in [-0.2, 0) is 10.8 Å². The zero-order valence-corrected chi connectivity index (χ0v) is 16.1. The Balaban J connectivity index is 1.78. The van der Waals surface area contributed by atoms with Crippen molar-refractivity contribution in [2.75, 3.05) is 0 Å². The number of rotatable bonds is 0. The van der Waals surface area contributed by atoms with Gasteiger partial charge in [-0.15, -0.1) is 0 Å². The van der Waals surface area contributed by atoms with Crippen molar-refractivity contribution in [1.82, 2.24) is 0 Å². The quantitative estimate of drug-likeness (QED) is 0.435. The summed E-state index contributed by atoms with van der Waals surface area (Å²) < 4.78 is 2.48. The second-order valence-corrected chi connectivity index (χ2v) is 10.2. The van der Waals surface area contributed by atoms with Gasteiger partial charge in [0.2, 0.25) is 0 Å². The van der Waals surface area contributed by atoms with Gasteiger partial charge in [0.1, 0.15) is 0 Å². The van der Waals surface area contributed by atoms with E-state index >= 15 is 0 Å². The molecule has 23 heavy (non-hydrogen) atoms. The van der Waals surface area contributed by atoms with Gasteiger partial charge in [0.05, 0.1) is 0 Å². The molecule has 0 radical (unpaired) electrons. The monoisotopic (exact) mass is 428 g/mol. The van der Waals surface area contributed by atoms with Crippen LogP contribution in [-0.4, -0.2) is 0 Å². The highest BCUT2D eigenvalue weighted by Gasteiger charge is 2.73. The normalized spacial score (nSPS) is 38.3. The molecular weight excluding hydrogens is 412 g/mol. The van der Waals surface area contributed by atoms with Gasteiger partial charge >= 0.3 is 0 Å². The minimum Gasteiger partial charge on any atom is -0.0530 e. The summed E-state index contributed by atoms with van der Waals surface area (Å²) in [5, 5.41) is 0. The van der Waals surface area contributed by atoms with E-state index in [1.807, 2.05) is 0 Å². The van der Waals surface area contributed by atoms with E-state index in [2.05, 4.69) is 68.3 Å². The zero-order valence-electron chi connectivity index (χ0n) is 13.0. The molecule has 2 heteroatoms. The zero-order chi connectivity index (χ0) is 15.4. The molecule has 3 bridgehead atoms. The molecule has 0 nitrogen and oxygen atoms in total. The Morgan fingerprint density at radius 3 is 1.61 bits per heavy atom. The van der Waals surface area contributed by atoms with Gasteiger partial charge in [-0.2, -0.15) is 0 Å². The van der Waals surface area contributed by atoms with Crippen molar-refractivity contribution in [3.8, 4) is 11.1 Å². The molecule has 3 fully saturated rings. The van der Waals surface area contributed by atoms with Gasteiger partial charge in [0, 0.05) is 19.8 Å². The molecular formula is C21H18Br2. The van der Waals surface area contributed by atoms with E-state index in [4.69, 9.17) is 0 Å². The molecule has 3 saturated carbocycles. The predicted octanol–water partition coefficient (Wildman–Crippen LogP) is 6.74. The van der Waals surface area contributed by atoms with E-state index in [1.54, 1.807) is 11.1 Å². The van der Waals surface area contributed by atoms with Gasteiger partial charge in [-0.3, -0.25) is 0 Å². The third-order valence-electron chi connectivity index (χ3n) is 7.72. The summed E-state index contributed by atoms with van der Waals surface area (Å²) in [5.74, 6) is 0.